The zero-order valence-corrected chi connectivity index (χ0v) is 34.6. The van der Waals surface area contributed by atoms with Crippen LogP contribution < -0.4 is 20.4 Å². The van der Waals surface area contributed by atoms with Crippen molar-refractivity contribution in [2.75, 3.05) is 47.8 Å². The van der Waals surface area contributed by atoms with Crippen molar-refractivity contribution in [3.8, 4) is 0 Å². The van der Waals surface area contributed by atoms with Crippen LogP contribution in [0.5, 0.6) is 0 Å². The summed E-state index contributed by atoms with van der Waals surface area (Å²) in [5.41, 5.74) is 3.24. The predicted octanol–water partition coefficient (Wildman–Crippen LogP) is 3.53. The number of hydrogen-bond acceptors (Lipinski definition) is 12. The monoisotopic (exact) mass is 837 g/mol. The summed E-state index contributed by atoms with van der Waals surface area (Å²) in [4.78, 5) is 57.8. The summed E-state index contributed by atoms with van der Waals surface area (Å²) >= 11 is 0. The number of carbonyl (C=O) groups is 3. The van der Waals surface area contributed by atoms with E-state index in [0.717, 1.165) is 80.2 Å². The van der Waals surface area contributed by atoms with Gasteiger partial charge >= 0.3 is 6.03 Å². The van der Waals surface area contributed by atoms with Crippen molar-refractivity contribution in [1.82, 2.24) is 39.3 Å². The lowest BCUT2D eigenvalue weighted by molar-refractivity contribution is -0.121. The molecule has 3 saturated heterocycles. The fourth-order valence-corrected chi connectivity index (χ4v) is 11.6. The highest BCUT2D eigenvalue weighted by atomic mass is 32.2. The third-order valence-corrected chi connectivity index (χ3v) is 15.6. The zero-order valence-electron chi connectivity index (χ0n) is 33.8. The molecule has 0 radical (unpaired) electrons. The second-order valence-corrected chi connectivity index (χ2v) is 19.4. The van der Waals surface area contributed by atoms with Crippen LogP contribution >= 0.6 is 0 Å². The van der Waals surface area contributed by atoms with E-state index in [0.29, 0.717) is 68.9 Å². The SMILES string of the molecule is Cn1nc(N2CCC(=O)NC2=O)c2ccc(C3CCN(Cc4cc(S(=O)(=O)N5CCC(Nc6ncc7c(n6)N([C@@H]6CCCC(O)C6)C(=O)C76CC6)CC5)ccn4)CC3)cc21. The Balaban J connectivity index is 0.741. The molecular weight excluding hydrogens is 787 g/mol. The zero-order chi connectivity index (χ0) is 41.3. The Morgan fingerprint density at radius 1 is 0.933 bits per heavy atom. The second-order valence-electron chi connectivity index (χ2n) is 17.5. The second kappa shape index (κ2) is 15.1. The van der Waals surface area contributed by atoms with Gasteiger partial charge in [0.25, 0.3) is 0 Å². The normalized spacial score (nSPS) is 24.3. The van der Waals surface area contributed by atoms with Crippen molar-refractivity contribution < 1.29 is 27.9 Å². The molecule has 6 aliphatic rings. The molecule has 2 aliphatic carbocycles. The maximum Gasteiger partial charge on any atom is 0.329 e. The van der Waals surface area contributed by atoms with E-state index in [1.165, 1.54) is 10.5 Å². The molecule has 4 amide bonds. The molecule has 1 spiro atoms. The van der Waals surface area contributed by atoms with E-state index < -0.39 is 27.6 Å². The van der Waals surface area contributed by atoms with E-state index in [9.17, 15) is 27.9 Å². The minimum Gasteiger partial charge on any atom is -0.393 e. The molecule has 316 valence electrons. The number of aliphatic hydroxyl groups is 1. The summed E-state index contributed by atoms with van der Waals surface area (Å²) in [5, 5.41) is 21.7. The smallest absolute Gasteiger partial charge is 0.329 e. The highest BCUT2D eigenvalue weighted by molar-refractivity contribution is 7.89. The number of aryl methyl sites for hydroxylation is 1. The number of aliphatic hydroxyl groups excluding tert-OH is 1. The summed E-state index contributed by atoms with van der Waals surface area (Å²) in [6.07, 6.45) is 10.9. The van der Waals surface area contributed by atoms with Crippen LogP contribution in [0.15, 0.2) is 47.6 Å². The number of sulfonamides is 1. The number of carbonyl (C=O) groups excluding carboxylic acids is 3. The van der Waals surface area contributed by atoms with Crippen molar-refractivity contribution in [2.24, 2.45) is 7.05 Å². The summed E-state index contributed by atoms with van der Waals surface area (Å²) in [6, 6.07) is 9.03. The largest absolute Gasteiger partial charge is 0.393 e. The average Bonchev–Trinajstić information content (AvgIpc) is 3.94. The first kappa shape index (κ1) is 39.1. The molecule has 2 saturated carbocycles. The number of amides is 4. The molecule has 2 atom stereocenters. The number of nitrogens with one attached hydrogen (secondary N) is 2. The Hall–Kier alpha value is -5.04. The number of piperidine rings is 2. The number of fused-ring (bicyclic) bond motifs is 3. The van der Waals surface area contributed by atoms with Gasteiger partial charge in [-0.3, -0.25) is 39.3 Å². The van der Waals surface area contributed by atoms with E-state index in [-0.39, 0.29) is 35.2 Å². The fraction of sp³-hybridized carbons (Fsp3) is 0.548. The first-order valence-corrected chi connectivity index (χ1v) is 22.8. The molecule has 4 aromatic rings. The summed E-state index contributed by atoms with van der Waals surface area (Å²) in [5.74, 6) is 1.81. The van der Waals surface area contributed by atoms with Gasteiger partial charge in [0.1, 0.15) is 5.82 Å². The van der Waals surface area contributed by atoms with Gasteiger partial charge in [0.2, 0.25) is 27.8 Å². The maximum atomic E-state index is 13.9. The Morgan fingerprint density at radius 2 is 1.73 bits per heavy atom. The summed E-state index contributed by atoms with van der Waals surface area (Å²) in [7, 11) is -1.87. The topological polar surface area (TPSA) is 199 Å². The Kier molecular flexibility index (Phi) is 9.88. The molecule has 3 aromatic heterocycles. The molecule has 10 rings (SSSR count). The predicted molar refractivity (Wildman–Crippen MR) is 222 cm³/mol. The third kappa shape index (κ3) is 7.00. The number of nitrogens with zero attached hydrogens (tertiary/aromatic N) is 9. The quantitative estimate of drug-likeness (QED) is 0.222. The van der Waals surface area contributed by atoms with Crippen LogP contribution in [-0.2, 0) is 38.6 Å². The van der Waals surface area contributed by atoms with Gasteiger partial charge in [-0.25, -0.2) is 18.2 Å². The number of likely N-dealkylation sites (tertiary alicyclic amines) is 1. The van der Waals surface area contributed by atoms with E-state index in [1.807, 2.05) is 18.0 Å². The van der Waals surface area contributed by atoms with Crippen LogP contribution in [0.25, 0.3) is 10.9 Å². The van der Waals surface area contributed by atoms with Crippen molar-refractivity contribution in [1.29, 1.82) is 0 Å². The molecule has 1 unspecified atom stereocenters. The highest BCUT2D eigenvalue weighted by Crippen LogP contribution is 2.57. The summed E-state index contributed by atoms with van der Waals surface area (Å²) in [6.45, 7) is 3.23. The first-order chi connectivity index (χ1) is 29.0. The third-order valence-electron chi connectivity index (χ3n) is 13.7. The van der Waals surface area contributed by atoms with Crippen molar-refractivity contribution in [2.45, 2.75) is 112 Å². The minimum absolute atomic E-state index is 0.0262. The molecule has 1 aromatic carbocycles. The molecule has 0 bridgehead atoms. The molecule has 18 heteroatoms. The van der Waals surface area contributed by atoms with Gasteiger partial charge in [-0.15, -0.1) is 0 Å². The Morgan fingerprint density at radius 3 is 2.48 bits per heavy atom. The number of rotatable bonds is 9. The van der Waals surface area contributed by atoms with Gasteiger partial charge in [0.05, 0.1) is 27.6 Å². The van der Waals surface area contributed by atoms with Gasteiger partial charge in [-0.2, -0.15) is 14.4 Å². The van der Waals surface area contributed by atoms with Gasteiger partial charge in [-0.05, 0) is 113 Å². The lowest BCUT2D eigenvalue weighted by Gasteiger charge is -2.34. The Bertz CT molecular complexity index is 2470. The average molecular weight is 838 g/mol. The highest BCUT2D eigenvalue weighted by Gasteiger charge is 2.61. The van der Waals surface area contributed by atoms with E-state index >= 15 is 0 Å². The standard InChI is InChI=1S/C42H51N11O6S/c1-49-35-21-27(5-6-33(35)37(48-49)52-20-12-36(55)46-41(52)57)26-8-16-50(17-9-26)25-29-22-32(7-15-43-29)60(58,59)51-18-10-28(11-19-51)45-40-44-24-34-38(47-40)53(39(56)42(34)13-14-42)30-3-2-4-31(54)23-30/h5-7,15,21-22,24,26,28,30-31,54H,2-4,8-14,16-20,23,25H2,1H3,(H,44,45,47)(H,46,55,57)/t30-,31?/m1/s1. The number of aromatic nitrogens is 5. The number of pyridine rings is 1. The molecule has 5 fully saturated rings. The molecule has 60 heavy (non-hydrogen) atoms. The maximum absolute atomic E-state index is 13.9. The molecule has 17 nitrogen and oxygen atoms in total. The van der Waals surface area contributed by atoms with Gasteiger partial charge in [-0.1, -0.05) is 6.07 Å². The van der Waals surface area contributed by atoms with Crippen LogP contribution in [0.1, 0.15) is 93.4 Å². The molecule has 3 N–H and O–H groups in total. The number of benzene rings is 1. The lowest BCUT2D eigenvalue weighted by atomic mass is 9.89. The Labute approximate surface area is 348 Å². The summed E-state index contributed by atoms with van der Waals surface area (Å²) < 4.78 is 31.2. The van der Waals surface area contributed by atoms with Crippen molar-refractivity contribution in [3.05, 3.63) is 59.5 Å². The van der Waals surface area contributed by atoms with Crippen LogP contribution in [-0.4, -0.2) is 116 Å². The van der Waals surface area contributed by atoms with Crippen molar-refractivity contribution in [3.63, 3.8) is 0 Å². The van der Waals surface area contributed by atoms with E-state index in [1.54, 1.807) is 33.5 Å². The van der Waals surface area contributed by atoms with E-state index in [4.69, 9.17) is 4.98 Å². The molecular formula is C42H51N11O6S. The van der Waals surface area contributed by atoms with Gasteiger partial charge < -0.3 is 10.4 Å². The van der Waals surface area contributed by atoms with Crippen LogP contribution in [0, 0.1) is 0 Å². The fourth-order valence-electron chi connectivity index (χ4n) is 10.1. The number of urea groups is 1. The molecule has 4 aliphatic heterocycles. The number of imide groups is 1. The number of anilines is 3. The number of hydrogen-bond donors (Lipinski definition) is 3. The first-order valence-electron chi connectivity index (χ1n) is 21.4. The van der Waals surface area contributed by atoms with Gasteiger partial charge in [0.15, 0.2) is 5.82 Å². The van der Waals surface area contributed by atoms with Crippen LogP contribution in [0.3, 0.4) is 0 Å². The van der Waals surface area contributed by atoms with Crippen LogP contribution in [0.4, 0.5) is 22.4 Å². The molecule has 7 heterocycles. The van der Waals surface area contributed by atoms with Crippen molar-refractivity contribution >= 4 is 56.4 Å². The van der Waals surface area contributed by atoms with Crippen LogP contribution in [0.2, 0.25) is 0 Å². The minimum atomic E-state index is -3.74. The van der Waals surface area contributed by atoms with Gasteiger partial charge in [0, 0.05) is 75.1 Å². The van der Waals surface area contributed by atoms with E-state index in [2.05, 4.69) is 42.7 Å². The lowest BCUT2D eigenvalue weighted by Crippen LogP contribution is -2.49.